The molecule has 0 aliphatic heterocycles. The predicted molar refractivity (Wildman–Crippen MR) is 44.0 cm³/mol. The van der Waals surface area contributed by atoms with E-state index in [1.807, 2.05) is 0 Å². The maximum Gasteiger partial charge on any atom is 0.422 e. The summed E-state index contributed by atoms with van der Waals surface area (Å²) in [6.07, 6.45) is -0.0417. The number of halogens is 1. The average molecular weight is 184 g/mol. The van der Waals surface area contributed by atoms with Gasteiger partial charge in [0.2, 0.25) is 6.29 Å². The van der Waals surface area contributed by atoms with Gasteiger partial charge < -0.3 is 9.47 Å². The number of carbonyl (C=O) groups is 1. The molecular weight excluding hydrogens is 175 g/mol. The van der Waals surface area contributed by atoms with Gasteiger partial charge >= 0.3 is 6.04 Å². The van der Waals surface area contributed by atoms with Crippen LogP contribution in [-0.2, 0) is 9.53 Å². The van der Waals surface area contributed by atoms with Crippen LogP contribution in [0.15, 0.2) is 30.3 Å². The molecule has 1 rings (SSSR count). The zero-order valence-corrected chi connectivity index (χ0v) is 7.07. The molecule has 13 heavy (non-hydrogen) atoms. The van der Waals surface area contributed by atoms with Gasteiger partial charge in [-0.05, 0) is 12.1 Å². The summed E-state index contributed by atoms with van der Waals surface area (Å²) in [5.74, 6) is 0.235. The van der Waals surface area contributed by atoms with E-state index in [1.54, 1.807) is 18.2 Å². The highest BCUT2D eigenvalue weighted by molar-refractivity contribution is 5.58. The van der Waals surface area contributed by atoms with Crippen molar-refractivity contribution < 1.29 is 18.7 Å². The van der Waals surface area contributed by atoms with Crippen molar-refractivity contribution in [2.45, 2.75) is 6.04 Å². The molecule has 4 heteroatoms. The van der Waals surface area contributed by atoms with Gasteiger partial charge in [-0.1, -0.05) is 18.2 Å². The van der Waals surface area contributed by atoms with Gasteiger partial charge in [-0.15, -0.1) is 0 Å². The highest BCUT2D eigenvalue weighted by atomic mass is 19.2. The minimum atomic E-state index is -2.69. The Kier molecular flexibility index (Phi) is 2.97. The number of methoxy groups -OCH3 is 1. The van der Waals surface area contributed by atoms with Gasteiger partial charge in [-0.2, -0.15) is 4.39 Å². The second kappa shape index (κ2) is 4.00. The van der Waals surface area contributed by atoms with Gasteiger partial charge in [-0.3, -0.25) is 4.79 Å². The standard InChI is InChI=1S/C9H9FO3/c1-12-9(10,7-11)13-8-5-3-2-4-6-8/h2-7H,1H3. The third kappa shape index (κ3) is 2.52. The summed E-state index contributed by atoms with van der Waals surface area (Å²) in [6, 6.07) is 5.43. The van der Waals surface area contributed by atoms with Gasteiger partial charge in [0, 0.05) is 7.11 Å². The Bertz CT molecular complexity index is 275. The second-order valence-corrected chi connectivity index (χ2v) is 2.32. The monoisotopic (exact) mass is 184 g/mol. The number of rotatable bonds is 4. The van der Waals surface area contributed by atoms with Crippen molar-refractivity contribution in [2.75, 3.05) is 7.11 Å². The Morgan fingerprint density at radius 2 is 2.00 bits per heavy atom. The highest BCUT2D eigenvalue weighted by Gasteiger charge is 2.31. The Hall–Kier alpha value is -1.42. The average Bonchev–Trinajstić information content (AvgIpc) is 2.19. The van der Waals surface area contributed by atoms with Crippen LogP contribution in [0.4, 0.5) is 4.39 Å². The van der Waals surface area contributed by atoms with E-state index in [2.05, 4.69) is 9.47 Å². The molecule has 0 bridgehead atoms. The van der Waals surface area contributed by atoms with Crippen LogP contribution >= 0.6 is 0 Å². The topological polar surface area (TPSA) is 35.5 Å². The molecule has 1 unspecified atom stereocenters. The van der Waals surface area contributed by atoms with Gasteiger partial charge in [0.15, 0.2) is 0 Å². The van der Waals surface area contributed by atoms with Crippen LogP contribution in [0.3, 0.4) is 0 Å². The number of hydrogen-bond donors (Lipinski definition) is 0. The lowest BCUT2D eigenvalue weighted by Crippen LogP contribution is -2.34. The van der Waals surface area contributed by atoms with Crippen LogP contribution in [0.2, 0.25) is 0 Å². The Balaban J connectivity index is 2.73. The molecule has 70 valence electrons. The molecule has 1 aromatic rings. The maximum absolute atomic E-state index is 13.1. The lowest BCUT2D eigenvalue weighted by Gasteiger charge is -2.17. The molecule has 0 radical (unpaired) electrons. The van der Waals surface area contributed by atoms with Crippen molar-refractivity contribution in [1.82, 2.24) is 0 Å². The number of aldehydes is 1. The van der Waals surface area contributed by atoms with Crippen LogP contribution in [-0.4, -0.2) is 19.4 Å². The molecule has 1 atom stereocenters. The van der Waals surface area contributed by atoms with Crippen molar-refractivity contribution in [2.24, 2.45) is 0 Å². The first-order valence-corrected chi connectivity index (χ1v) is 3.64. The Morgan fingerprint density at radius 1 is 1.38 bits per heavy atom. The van der Waals surface area contributed by atoms with Crippen molar-refractivity contribution in [3.63, 3.8) is 0 Å². The SMILES string of the molecule is COC(F)(C=O)Oc1ccccc1. The van der Waals surface area contributed by atoms with E-state index in [-0.39, 0.29) is 12.0 Å². The zero-order valence-electron chi connectivity index (χ0n) is 7.07. The summed E-state index contributed by atoms with van der Waals surface area (Å²) >= 11 is 0. The van der Waals surface area contributed by atoms with Crippen LogP contribution in [0.5, 0.6) is 5.75 Å². The fourth-order valence-electron chi connectivity index (χ4n) is 0.763. The molecule has 0 heterocycles. The minimum Gasteiger partial charge on any atom is -0.430 e. The van der Waals surface area contributed by atoms with E-state index < -0.39 is 6.04 Å². The van der Waals surface area contributed by atoms with Crippen LogP contribution in [0, 0.1) is 0 Å². The molecule has 0 N–H and O–H groups in total. The van der Waals surface area contributed by atoms with E-state index >= 15 is 0 Å². The summed E-state index contributed by atoms with van der Waals surface area (Å²) in [5, 5.41) is 0. The molecule has 3 nitrogen and oxygen atoms in total. The Labute approximate surface area is 75.1 Å². The van der Waals surface area contributed by atoms with E-state index in [0.29, 0.717) is 0 Å². The summed E-state index contributed by atoms with van der Waals surface area (Å²) in [5.41, 5.74) is 0. The number of ether oxygens (including phenoxy) is 2. The first kappa shape index (κ1) is 9.67. The van der Waals surface area contributed by atoms with E-state index in [4.69, 9.17) is 0 Å². The first-order valence-electron chi connectivity index (χ1n) is 3.64. The van der Waals surface area contributed by atoms with Crippen molar-refractivity contribution >= 4 is 6.29 Å². The summed E-state index contributed by atoms with van der Waals surface area (Å²) < 4.78 is 22.0. The van der Waals surface area contributed by atoms with Crippen LogP contribution < -0.4 is 4.74 Å². The largest absolute Gasteiger partial charge is 0.430 e. The molecule has 0 aliphatic rings. The second-order valence-electron chi connectivity index (χ2n) is 2.32. The third-order valence-corrected chi connectivity index (χ3v) is 1.42. The van der Waals surface area contributed by atoms with Crippen LogP contribution in [0.1, 0.15) is 0 Å². The normalized spacial score (nSPS) is 14.6. The van der Waals surface area contributed by atoms with Gasteiger partial charge in [0.1, 0.15) is 5.75 Å². The summed E-state index contributed by atoms with van der Waals surface area (Å²) in [4.78, 5) is 10.2. The number of carbonyl (C=O) groups excluding carboxylic acids is 1. The quantitative estimate of drug-likeness (QED) is 0.526. The van der Waals surface area contributed by atoms with E-state index in [9.17, 15) is 9.18 Å². The van der Waals surface area contributed by atoms with E-state index in [1.165, 1.54) is 12.1 Å². The molecule has 0 spiro atoms. The molecule has 0 aliphatic carbocycles. The van der Waals surface area contributed by atoms with Crippen LogP contribution in [0.25, 0.3) is 0 Å². The molecular formula is C9H9FO3. The number of hydrogen-bond acceptors (Lipinski definition) is 3. The summed E-state index contributed by atoms with van der Waals surface area (Å²) in [6.45, 7) is 0. The summed E-state index contributed by atoms with van der Waals surface area (Å²) in [7, 11) is 1.05. The van der Waals surface area contributed by atoms with Gasteiger partial charge in [-0.25, -0.2) is 0 Å². The maximum atomic E-state index is 13.1. The van der Waals surface area contributed by atoms with Gasteiger partial charge in [0.25, 0.3) is 0 Å². The lowest BCUT2D eigenvalue weighted by molar-refractivity contribution is -0.231. The first-order chi connectivity index (χ1) is 6.20. The molecule has 0 saturated carbocycles. The van der Waals surface area contributed by atoms with E-state index in [0.717, 1.165) is 7.11 Å². The number of para-hydroxylation sites is 1. The number of alkyl halides is 1. The molecule has 1 aromatic carbocycles. The Morgan fingerprint density at radius 3 is 2.46 bits per heavy atom. The minimum absolute atomic E-state index is 0.0417. The fraction of sp³-hybridized carbons (Fsp3) is 0.222. The van der Waals surface area contributed by atoms with Gasteiger partial charge in [0.05, 0.1) is 0 Å². The third-order valence-electron chi connectivity index (χ3n) is 1.42. The molecule has 0 aromatic heterocycles. The fourth-order valence-corrected chi connectivity index (χ4v) is 0.763. The highest BCUT2D eigenvalue weighted by Crippen LogP contribution is 2.18. The predicted octanol–water partition coefficient (Wildman–Crippen LogP) is 1.53. The number of benzene rings is 1. The van der Waals surface area contributed by atoms with Crippen molar-refractivity contribution in [3.05, 3.63) is 30.3 Å². The molecule has 0 amide bonds. The van der Waals surface area contributed by atoms with Crippen molar-refractivity contribution in [1.29, 1.82) is 0 Å². The molecule has 0 saturated heterocycles. The molecule has 0 fully saturated rings. The lowest BCUT2D eigenvalue weighted by atomic mass is 10.3. The smallest absolute Gasteiger partial charge is 0.422 e. The van der Waals surface area contributed by atoms with Crippen molar-refractivity contribution in [3.8, 4) is 5.75 Å². The zero-order chi connectivity index (χ0) is 9.73.